The summed E-state index contributed by atoms with van der Waals surface area (Å²) < 4.78 is 0. The van der Waals surface area contributed by atoms with Gasteiger partial charge in [0.25, 0.3) is 0 Å². The van der Waals surface area contributed by atoms with E-state index in [4.69, 9.17) is 5.11 Å². The lowest BCUT2D eigenvalue weighted by atomic mass is 10.1. The van der Waals surface area contributed by atoms with Crippen LogP contribution >= 0.6 is 0 Å². The number of aliphatic hydroxyl groups excluding tert-OH is 1. The number of allylic oxidation sites excluding steroid dienone is 3. The van der Waals surface area contributed by atoms with E-state index in [1.165, 1.54) is 13.0 Å². The van der Waals surface area contributed by atoms with Crippen molar-refractivity contribution in [2.75, 3.05) is 0 Å². The topological polar surface area (TPSA) is 37.3 Å². The van der Waals surface area contributed by atoms with E-state index in [0.717, 1.165) is 0 Å². The number of ketones is 1. The summed E-state index contributed by atoms with van der Waals surface area (Å²) in [7, 11) is 0. The van der Waals surface area contributed by atoms with Crippen molar-refractivity contribution in [3.63, 3.8) is 0 Å². The van der Waals surface area contributed by atoms with E-state index in [9.17, 15) is 4.79 Å². The third-order valence-electron chi connectivity index (χ3n) is 0.987. The maximum atomic E-state index is 10.5. The molecule has 0 aromatic heterocycles. The second kappa shape index (κ2) is 4.50. The minimum Gasteiger partial charge on any atom is -0.509 e. The number of hydrogen-bond acceptors (Lipinski definition) is 2. The molecule has 0 spiro atoms. The Balaban J connectivity index is 3.88. The van der Waals surface area contributed by atoms with E-state index in [1.54, 1.807) is 6.08 Å². The van der Waals surface area contributed by atoms with Gasteiger partial charge in [0.2, 0.25) is 0 Å². The average molecular weight is 152 g/mol. The van der Waals surface area contributed by atoms with Crippen LogP contribution in [0.25, 0.3) is 0 Å². The van der Waals surface area contributed by atoms with Crippen LogP contribution in [0, 0.1) is 0 Å². The third kappa shape index (κ3) is 6.58. The Labute approximate surface area is 66.5 Å². The van der Waals surface area contributed by atoms with Crippen LogP contribution in [0.5, 0.6) is 0 Å². The van der Waals surface area contributed by atoms with Gasteiger partial charge in [0.15, 0.2) is 0 Å². The van der Waals surface area contributed by atoms with Crippen molar-refractivity contribution < 1.29 is 9.90 Å². The number of aliphatic hydroxyl groups is 1. The number of carbonyl (C=O) groups excluding carboxylic acids is 1. The molecule has 11 heavy (non-hydrogen) atoms. The molecule has 0 heterocycles. The highest BCUT2D eigenvalue weighted by Gasteiger charge is 1.93. The van der Waals surface area contributed by atoms with Gasteiger partial charge in [-0.1, -0.05) is 19.2 Å². The van der Waals surface area contributed by atoms with Gasteiger partial charge in [-0.15, -0.1) is 0 Å². The largest absolute Gasteiger partial charge is 0.509 e. The van der Waals surface area contributed by atoms with E-state index < -0.39 is 0 Å². The fraction of sp³-hybridized carbons (Fsp3) is 0.222. The number of hydrogen-bond donors (Lipinski definition) is 1. The monoisotopic (exact) mass is 152 g/mol. The number of rotatable bonds is 4. The normalized spacial score (nSPS) is 9.91. The summed E-state index contributed by atoms with van der Waals surface area (Å²) in [5.74, 6) is 0.0258. The summed E-state index contributed by atoms with van der Waals surface area (Å²) in [4.78, 5) is 10.5. The maximum absolute atomic E-state index is 10.5. The Morgan fingerprint density at radius 3 is 2.36 bits per heavy atom. The minimum atomic E-state index is -0.0327. The fourth-order valence-electron chi connectivity index (χ4n) is 0.593. The zero-order chi connectivity index (χ0) is 8.85. The van der Waals surface area contributed by atoms with Crippen molar-refractivity contribution in [1.82, 2.24) is 0 Å². The highest BCUT2D eigenvalue weighted by molar-refractivity contribution is 5.78. The van der Waals surface area contributed by atoms with E-state index in [-0.39, 0.29) is 11.5 Å². The summed E-state index contributed by atoms with van der Waals surface area (Å²) in [5, 5.41) is 8.63. The first-order chi connectivity index (χ1) is 5.02. The lowest BCUT2D eigenvalue weighted by molar-refractivity contribution is -0.116. The molecule has 0 saturated heterocycles. The molecule has 0 saturated carbocycles. The average Bonchev–Trinajstić information content (AvgIpc) is 1.82. The zero-order valence-corrected chi connectivity index (χ0v) is 6.63. The van der Waals surface area contributed by atoms with Gasteiger partial charge in [0.1, 0.15) is 11.5 Å². The Morgan fingerprint density at radius 2 is 2.00 bits per heavy atom. The molecule has 0 bridgehead atoms. The van der Waals surface area contributed by atoms with Crippen LogP contribution in [0.3, 0.4) is 0 Å². The second-order valence-corrected chi connectivity index (χ2v) is 2.36. The third-order valence-corrected chi connectivity index (χ3v) is 0.987. The summed E-state index contributed by atoms with van der Waals surface area (Å²) >= 11 is 0. The number of carbonyl (C=O) groups is 1. The van der Waals surface area contributed by atoms with Gasteiger partial charge in [-0.2, -0.15) is 0 Å². The quantitative estimate of drug-likeness (QED) is 0.495. The Morgan fingerprint density at radius 1 is 1.45 bits per heavy atom. The molecule has 0 aromatic carbocycles. The van der Waals surface area contributed by atoms with E-state index in [2.05, 4.69) is 13.2 Å². The van der Waals surface area contributed by atoms with Crippen molar-refractivity contribution in [2.24, 2.45) is 0 Å². The summed E-state index contributed by atoms with van der Waals surface area (Å²) in [5.41, 5.74) is 0.674. The van der Waals surface area contributed by atoms with Crippen LogP contribution in [-0.4, -0.2) is 10.9 Å². The van der Waals surface area contributed by atoms with Crippen LogP contribution < -0.4 is 0 Å². The smallest absolute Gasteiger partial charge is 0.134 e. The predicted molar refractivity (Wildman–Crippen MR) is 45.3 cm³/mol. The van der Waals surface area contributed by atoms with Crippen molar-refractivity contribution in [1.29, 1.82) is 0 Å². The Kier molecular flexibility index (Phi) is 3.96. The van der Waals surface area contributed by atoms with E-state index >= 15 is 0 Å². The molecular formula is C9H12O2. The van der Waals surface area contributed by atoms with E-state index in [0.29, 0.717) is 12.0 Å². The molecule has 0 fully saturated rings. The highest BCUT2D eigenvalue weighted by atomic mass is 16.3. The molecule has 60 valence electrons. The lowest BCUT2D eigenvalue weighted by Crippen LogP contribution is -1.89. The summed E-state index contributed by atoms with van der Waals surface area (Å²) in [6.07, 6.45) is 3.30. The first kappa shape index (κ1) is 9.69. The van der Waals surface area contributed by atoms with Crippen LogP contribution in [0.4, 0.5) is 0 Å². The van der Waals surface area contributed by atoms with Gasteiger partial charge in [-0.05, 0) is 18.6 Å². The van der Waals surface area contributed by atoms with Crippen molar-refractivity contribution in [2.45, 2.75) is 13.3 Å². The van der Waals surface area contributed by atoms with Crippen LogP contribution in [0.2, 0.25) is 0 Å². The zero-order valence-electron chi connectivity index (χ0n) is 6.63. The Hall–Kier alpha value is -1.31. The predicted octanol–water partition coefficient (Wildman–Crippen LogP) is 2.15. The minimum absolute atomic E-state index is 0.0327. The molecule has 0 radical (unpaired) electrons. The highest BCUT2D eigenvalue weighted by Crippen LogP contribution is 2.01. The first-order valence-corrected chi connectivity index (χ1v) is 3.25. The van der Waals surface area contributed by atoms with Crippen molar-refractivity contribution >= 4 is 5.78 Å². The standard InChI is InChI=1S/C9H12O2/c1-7(6-9(3)11)4-5-8(2)10/h4-5,10H,1-2,6H2,3H3/b5-4-. The molecular weight excluding hydrogens is 140 g/mol. The molecule has 2 heteroatoms. The van der Waals surface area contributed by atoms with Crippen LogP contribution in [0.1, 0.15) is 13.3 Å². The van der Waals surface area contributed by atoms with Gasteiger partial charge in [0.05, 0.1) is 0 Å². The van der Waals surface area contributed by atoms with Crippen molar-refractivity contribution in [3.05, 3.63) is 36.6 Å². The molecule has 2 nitrogen and oxygen atoms in total. The van der Waals surface area contributed by atoms with Gasteiger partial charge >= 0.3 is 0 Å². The maximum Gasteiger partial charge on any atom is 0.134 e. The summed E-state index contributed by atoms with van der Waals surface area (Å²) in [6, 6.07) is 0. The molecule has 0 atom stereocenters. The molecule has 1 N–H and O–H groups in total. The first-order valence-electron chi connectivity index (χ1n) is 3.25. The molecule has 0 amide bonds. The number of Topliss-reactive ketones (excluding diaryl/α,β-unsaturated/α-hetero) is 1. The fourth-order valence-corrected chi connectivity index (χ4v) is 0.593. The van der Waals surface area contributed by atoms with Gasteiger partial charge in [-0.25, -0.2) is 0 Å². The van der Waals surface area contributed by atoms with Gasteiger partial charge in [0, 0.05) is 6.42 Å². The SMILES string of the molecule is C=C(O)/C=C\C(=C)CC(C)=O. The lowest BCUT2D eigenvalue weighted by Gasteiger charge is -1.93. The molecule has 0 unspecified atom stereocenters. The summed E-state index contributed by atoms with van der Waals surface area (Å²) in [6.45, 7) is 8.35. The Bertz CT molecular complexity index is 212. The van der Waals surface area contributed by atoms with E-state index in [1.807, 2.05) is 0 Å². The molecule has 0 rings (SSSR count). The second-order valence-electron chi connectivity index (χ2n) is 2.36. The van der Waals surface area contributed by atoms with Gasteiger partial charge in [-0.3, -0.25) is 4.79 Å². The molecule has 0 aliphatic heterocycles. The van der Waals surface area contributed by atoms with Crippen LogP contribution in [-0.2, 0) is 4.79 Å². The molecule has 0 aliphatic rings. The van der Waals surface area contributed by atoms with Gasteiger partial charge < -0.3 is 5.11 Å². The molecule has 0 aliphatic carbocycles. The van der Waals surface area contributed by atoms with Crippen molar-refractivity contribution in [3.8, 4) is 0 Å². The van der Waals surface area contributed by atoms with Crippen LogP contribution in [0.15, 0.2) is 36.6 Å². The molecule has 0 aromatic rings.